The highest BCUT2D eigenvalue weighted by molar-refractivity contribution is 5.55. The number of ether oxygens (including phenoxy) is 3. The molecule has 0 aliphatic rings. The Hall–Kier alpha value is -1.93. The second-order valence-corrected chi connectivity index (χ2v) is 4.04. The first-order valence-corrected chi connectivity index (χ1v) is 6.00. The third kappa shape index (κ3) is 3.09. The predicted molar refractivity (Wildman–Crippen MR) is 70.7 cm³/mol. The Morgan fingerprint density at radius 1 is 1.16 bits per heavy atom. The second kappa shape index (κ2) is 6.86. The van der Waals surface area contributed by atoms with Crippen LogP contribution < -0.4 is 14.2 Å². The van der Waals surface area contributed by atoms with Gasteiger partial charge in [0.1, 0.15) is 0 Å². The molecule has 0 saturated carbocycles. The maximum atomic E-state index is 9.89. The van der Waals surface area contributed by atoms with E-state index in [4.69, 9.17) is 14.2 Å². The summed E-state index contributed by atoms with van der Waals surface area (Å²) in [5.74, 6) is 0.788. The fraction of sp³-hybridized carbons (Fsp3) is 0.500. The Labute approximate surface area is 113 Å². The van der Waals surface area contributed by atoms with Gasteiger partial charge in [0.2, 0.25) is 5.75 Å². The van der Waals surface area contributed by atoms with Gasteiger partial charge >= 0.3 is 0 Å². The second-order valence-electron chi connectivity index (χ2n) is 4.04. The van der Waals surface area contributed by atoms with Crippen LogP contribution in [0.1, 0.15) is 24.8 Å². The van der Waals surface area contributed by atoms with Crippen LogP contribution in [0.15, 0.2) is 12.1 Å². The Morgan fingerprint density at radius 2 is 1.68 bits per heavy atom. The van der Waals surface area contributed by atoms with Crippen LogP contribution in [-0.2, 0) is 0 Å². The van der Waals surface area contributed by atoms with Crippen LogP contribution in [0.2, 0.25) is 0 Å². The van der Waals surface area contributed by atoms with Gasteiger partial charge in [0, 0.05) is 0 Å². The minimum absolute atomic E-state index is 0.469. The van der Waals surface area contributed by atoms with E-state index in [0.29, 0.717) is 29.2 Å². The first-order valence-electron chi connectivity index (χ1n) is 6.00. The SMILES string of the molecule is CCC(O)C(C#N)c1cc(OC)c(OC)c(OC)c1. The maximum Gasteiger partial charge on any atom is 0.203 e. The zero-order chi connectivity index (χ0) is 14.4. The predicted octanol–water partition coefficient (Wildman–Crippen LogP) is 2.09. The molecule has 19 heavy (non-hydrogen) atoms. The van der Waals surface area contributed by atoms with E-state index < -0.39 is 12.0 Å². The number of benzene rings is 1. The van der Waals surface area contributed by atoms with Crippen molar-refractivity contribution in [3.63, 3.8) is 0 Å². The van der Waals surface area contributed by atoms with Crippen LogP contribution in [0.3, 0.4) is 0 Å². The summed E-state index contributed by atoms with van der Waals surface area (Å²) in [7, 11) is 4.54. The first-order chi connectivity index (χ1) is 9.12. The molecule has 1 rings (SSSR count). The van der Waals surface area contributed by atoms with Gasteiger partial charge in [-0.1, -0.05) is 6.92 Å². The fourth-order valence-electron chi connectivity index (χ4n) is 1.90. The molecule has 0 aliphatic heterocycles. The Morgan fingerprint density at radius 3 is 2.00 bits per heavy atom. The van der Waals surface area contributed by atoms with Crippen LogP contribution in [0, 0.1) is 11.3 Å². The molecule has 0 spiro atoms. The highest BCUT2D eigenvalue weighted by Gasteiger charge is 2.23. The van der Waals surface area contributed by atoms with E-state index in [1.54, 1.807) is 12.1 Å². The minimum atomic E-state index is -0.729. The van der Waals surface area contributed by atoms with Crippen LogP contribution in [0.4, 0.5) is 0 Å². The number of aliphatic hydroxyl groups is 1. The van der Waals surface area contributed by atoms with Gasteiger partial charge in [-0.15, -0.1) is 0 Å². The normalized spacial score (nSPS) is 13.3. The summed E-state index contributed by atoms with van der Waals surface area (Å²) in [6.07, 6.45) is -0.234. The fourth-order valence-corrected chi connectivity index (χ4v) is 1.90. The van der Waals surface area contributed by atoms with Crippen molar-refractivity contribution in [1.82, 2.24) is 0 Å². The Balaban J connectivity index is 3.33. The van der Waals surface area contributed by atoms with Crippen molar-refractivity contribution in [2.45, 2.75) is 25.4 Å². The number of methoxy groups -OCH3 is 3. The van der Waals surface area contributed by atoms with E-state index in [1.807, 2.05) is 6.92 Å². The van der Waals surface area contributed by atoms with E-state index in [1.165, 1.54) is 21.3 Å². The number of rotatable bonds is 6. The summed E-state index contributed by atoms with van der Waals surface area (Å²) >= 11 is 0. The highest BCUT2D eigenvalue weighted by atomic mass is 16.5. The number of nitriles is 1. The van der Waals surface area contributed by atoms with Crippen molar-refractivity contribution in [3.05, 3.63) is 17.7 Å². The largest absolute Gasteiger partial charge is 0.493 e. The Bertz CT molecular complexity index is 442. The van der Waals surface area contributed by atoms with Gasteiger partial charge in [-0.2, -0.15) is 5.26 Å². The first kappa shape index (κ1) is 15.1. The zero-order valence-electron chi connectivity index (χ0n) is 11.6. The molecule has 1 aromatic carbocycles. The van der Waals surface area contributed by atoms with E-state index in [2.05, 4.69) is 6.07 Å². The molecule has 1 aromatic rings. The summed E-state index contributed by atoms with van der Waals surface area (Å²) in [5.41, 5.74) is 0.645. The van der Waals surface area contributed by atoms with Crippen LogP contribution >= 0.6 is 0 Å². The number of aliphatic hydroxyl groups excluding tert-OH is 1. The van der Waals surface area contributed by atoms with E-state index in [0.717, 1.165) is 0 Å². The molecule has 0 saturated heterocycles. The van der Waals surface area contributed by atoms with Crippen molar-refractivity contribution in [1.29, 1.82) is 5.26 Å². The zero-order valence-corrected chi connectivity index (χ0v) is 11.6. The van der Waals surface area contributed by atoms with Crippen molar-refractivity contribution >= 4 is 0 Å². The van der Waals surface area contributed by atoms with Gasteiger partial charge in [-0.3, -0.25) is 0 Å². The lowest BCUT2D eigenvalue weighted by molar-refractivity contribution is 0.157. The molecule has 104 valence electrons. The molecule has 0 radical (unpaired) electrons. The monoisotopic (exact) mass is 265 g/mol. The lowest BCUT2D eigenvalue weighted by Crippen LogP contribution is -2.16. The van der Waals surface area contributed by atoms with Crippen molar-refractivity contribution in [3.8, 4) is 23.3 Å². The standard InChI is InChI=1S/C14H19NO4/c1-5-11(16)10(8-15)9-6-12(17-2)14(19-4)13(7-9)18-3/h6-7,10-11,16H,5H2,1-4H3. The van der Waals surface area contributed by atoms with Gasteiger partial charge in [-0.05, 0) is 24.1 Å². The van der Waals surface area contributed by atoms with Gasteiger partial charge in [0.15, 0.2) is 11.5 Å². The minimum Gasteiger partial charge on any atom is -0.493 e. The molecule has 0 aromatic heterocycles. The summed E-state index contributed by atoms with van der Waals surface area (Å²) < 4.78 is 15.7. The van der Waals surface area contributed by atoms with Gasteiger partial charge in [0.25, 0.3) is 0 Å². The molecule has 2 unspecified atom stereocenters. The molecule has 0 amide bonds. The molecule has 0 aliphatic carbocycles. The van der Waals surface area contributed by atoms with Gasteiger partial charge in [0.05, 0.1) is 39.4 Å². The van der Waals surface area contributed by atoms with Crippen LogP contribution in [-0.4, -0.2) is 32.5 Å². The van der Waals surface area contributed by atoms with E-state index in [9.17, 15) is 10.4 Å². The van der Waals surface area contributed by atoms with Gasteiger partial charge < -0.3 is 19.3 Å². The summed E-state index contributed by atoms with van der Waals surface area (Å²) in [6.45, 7) is 1.83. The smallest absolute Gasteiger partial charge is 0.203 e. The number of hydrogen-bond donors (Lipinski definition) is 1. The molecule has 1 N–H and O–H groups in total. The molecule has 0 fully saturated rings. The van der Waals surface area contributed by atoms with Crippen molar-refractivity contribution in [2.75, 3.05) is 21.3 Å². The number of nitrogens with zero attached hydrogens (tertiary/aromatic N) is 1. The van der Waals surface area contributed by atoms with E-state index in [-0.39, 0.29) is 0 Å². The van der Waals surface area contributed by atoms with Crippen molar-refractivity contribution < 1.29 is 19.3 Å². The molecule has 0 bridgehead atoms. The van der Waals surface area contributed by atoms with E-state index >= 15 is 0 Å². The maximum absolute atomic E-state index is 9.89. The summed E-state index contributed by atoms with van der Waals surface area (Å²) in [5, 5.41) is 19.1. The summed E-state index contributed by atoms with van der Waals surface area (Å²) in [4.78, 5) is 0. The third-order valence-corrected chi connectivity index (χ3v) is 2.99. The quantitative estimate of drug-likeness (QED) is 0.852. The number of hydrogen-bond acceptors (Lipinski definition) is 5. The molecular weight excluding hydrogens is 246 g/mol. The molecule has 5 nitrogen and oxygen atoms in total. The highest BCUT2D eigenvalue weighted by Crippen LogP contribution is 2.40. The molecule has 5 heteroatoms. The van der Waals surface area contributed by atoms with Crippen molar-refractivity contribution in [2.24, 2.45) is 0 Å². The lowest BCUT2D eigenvalue weighted by Gasteiger charge is -2.19. The molecule has 2 atom stereocenters. The molecular formula is C14H19NO4. The van der Waals surface area contributed by atoms with Crippen LogP contribution in [0.25, 0.3) is 0 Å². The lowest BCUT2D eigenvalue weighted by atomic mass is 9.92. The average molecular weight is 265 g/mol. The molecule has 0 heterocycles. The average Bonchev–Trinajstić information content (AvgIpc) is 2.46. The van der Waals surface area contributed by atoms with Crippen LogP contribution in [0.5, 0.6) is 17.2 Å². The third-order valence-electron chi connectivity index (χ3n) is 2.99. The van der Waals surface area contributed by atoms with Gasteiger partial charge in [-0.25, -0.2) is 0 Å². The summed E-state index contributed by atoms with van der Waals surface area (Å²) in [6, 6.07) is 5.48. The topological polar surface area (TPSA) is 71.7 Å². The Kier molecular flexibility index (Phi) is 5.46.